The van der Waals surface area contributed by atoms with Crippen LogP contribution in [-0.2, 0) is 6.42 Å². The highest BCUT2D eigenvalue weighted by atomic mass is 16.5. The number of amides is 1. The molecule has 0 saturated heterocycles. The first-order chi connectivity index (χ1) is 19.0. The van der Waals surface area contributed by atoms with Crippen molar-refractivity contribution in [3.8, 4) is 17.2 Å². The summed E-state index contributed by atoms with van der Waals surface area (Å²) in [5.41, 5.74) is 3.38. The van der Waals surface area contributed by atoms with Gasteiger partial charge in [-0.2, -0.15) is 0 Å². The molecule has 0 bridgehead atoms. The molecule has 0 fully saturated rings. The fourth-order valence-corrected chi connectivity index (χ4v) is 5.13. The molecule has 1 unspecified atom stereocenters. The monoisotopic (exact) mass is 517 g/mol. The van der Waals surface area contributed by atoms with E-state index in [9.17, 15) is 9.59 Å². The Morgan fingerprint density at radius 3 is 2.36 bits per heavy atom. The van der Waals surface area contributed by atoms with E-state index in [1.807, 2.05) is 97.9 Å². The molecule has 0 spiro atoms. The summed E-state index contributed by atoms with van der Waals surface area (Å²) in [7, 11) is 1.63. The van der Waals surface area contributed by atoms with Crippen LogP contribution in [0.5, 0.6) is 17.2 Å². The van der Waals surface area contributed by atoms with E-state index in [0.29, 0.717) is 41.0 Å². The number of rotatable bonds is 7. The third kappa shape index (κ3) is 4.66. The summed E-state index contributed by atoms with van der Waals surface area (Å²) in [6.07, 6.45) is 0.604. The van der Waals surface area contributed by atoms with Crippen LogP contribution in [0, 0.1) is 6.92 Å². The normalized spacial score (nSPS) is 14.5. The van der Waals surface area contributed by atoms with Crippen molar-refractivity contribution in [1.29, 1.82) is 0 Å². The van der Waals surface area contributed by atoms with Crippen molar-refractivity contribution < 1.29 is 18.7 Å². The van der Waals surface area contributed by atoms with Crippen molar-refractivity contribution in [3.05, 3.63) is 135 Å². The number of carbonyl (C=O) groups excluding carboxylic acids is 1. The van der Waals surface area contributed by atoms with Crippen LogP contribution in [0.3, 0.4) is 0 Å². The third-order valence-electron chi connectivity index (χ3n) is 7.07. The highest BCUT2D eigenvalue weighted by Crippen LogP contribution is 2.39. The van der Waals surface area contributed by atoms with E-state index in [1.54, 1.807) is 18.1 Å². The fraction of sp³-hybridized carbons (Fsp3) is 0.152. The van der Waals surface area contributed by atoms with E-state index in [2.05, 4.69) is 0 Å². The molecule has 0 N–H and O–H groups in total. The molecule has 4 aromatic carbocycles. The molecule has 1 atom stereocenters. The lowest BCUT2D eigenvalue weighted by Crippen LogP contribution is -2.31. The van der Waals surface area contributed by atoms with Crippen molar-refractivity contribution in [3.63, 3.8) is 0 Å². The Kier molecular flexibility index (Phi) is 6.37. The van der Waals surface area contributed by atoms with Gasteiger partial charge in [0, 0.05) is 6.54 Å². The van der Waals surface area contributed by atoms with Crippen LogP contribution in [0.15, 0.2) is 106 Å². The van der Waals surface area contributed by atoms with Gasteiger partial charge in [-0.1, -0.05) is 54.1 Å². The zero-order valence-electron chi connectivity index (χ0n) is 21.7. The standard InChI is InChI=1S/C33H27NO5/c1-21-11-16-28-27(19-21)31(35)29-30(23-7-6-10-26(20-23)38-25-8-4-3-5-9-25)34(33(36)32(29)39-28)18-17-22-12-14-24(37-2)15-13-22/h3-16,19-20,30H,17-18H2,1-2H3. The minimum absolute atomic E-state index is 0.102. The molecule has 0 aliphatic carbocycles. The number of hydrogen-bond acceptors (Lipinski definition) is 5. The molecular weight excluding hydrogens is 490 g/mol. The molecular formula is C33H27NO5. The summed E-state index contributed by atoms with van der Waals surface area (Å²) in [5.74, 6) is 1.90. The number of methoxy groups -OCH3 is 1. The summed E-state index contributed by atoms with van der Waals surface area (Å²) >= 11 is 0. The SMILES string of the molecule is COc1ccc(CCN2C(=O)c3oc4ccc(C)cc4c(=O)c3C2c2cccc(Oc3ccccc3)c2)cc1. The van der Waals surface area contributed by atoms with Gasteiger partial charge in [-0.25, -0.2) is 0 Å². The fourth-order valence-electron chi connectivity index (χ4n) is 5.13. The van der Waals surface area contributed by atoms with Gasteiger partial charge in [0.25, 0.3) is 5.91 Å². The van der Waals surface area contributed by atoms with Gasteiger partial charge in [-0.3, -0.25) is 9.59 Å². The lowest BCUT2D eigenvalue weighted by molar-refractivity contribution is 0.0730. The number of ether oxygens (including phenoxy) is 2. The Balaban J connectivity index is 1.43. The summed E-state index contributed by atoms with van der Waals surface area (Å²) in [4.78, 5) is 29.4. The highest BCUT2D eigenvalue weighted by molar-refractivity contribution is 5.99. The molecule has 39 heavy (non-hydrogen) atoms. The maximum atomic E-state index is 13.9. The Bertz CT molecular complexity index is 1720. The molecule has 6 heteroatoms. The largest absolute Gasteiger partial charge is 0.497 e. The first kappa shape index (κ1) is 24.5. The van der Waals surface area contributed by atoms with E-state index in [1.165, 1.54) is 0 Å². The van der Waals surface area contributed by atoms with Crippen molar-refractivity contribution in [2.75, 3.05) is 13.7 Å². The smallest absolute Gasteiger partial charge is 0.290 e. The van der Waals surface area contributed by atoms with Gasteiger partial charge in [-0.05, 0) is 73.0 Å². The molecule has 0 radical (unpaired) electrons. The first-order valence-corrected chi connectivity index (χ1v) is 12.9. The molecule has 2 heterocycles. The molecule has 1 amide bonds. The Morgan fingerprint density at radius 1 is 0.821 bits per heavy atom. The minimum Gasteiger partial charge on any atom is -0.497 e. The van der Waals surface area contributed by atoms with Crippen molar-refractivity contribution in [2.45, 2.75) is 19.4 Å². The molecule has 1 aliphatic heterocycles. The number of hydrogen-bond donors (Lipinski definition) is 0. The Morgan fingerprint density at radius 2 is 1.59 bits per heavy atom. The van der Waals surface area contributed by atoms with Gasteiger partial charge in [0.15, 0.2) is 5.43 Å². The van der Waals surface area contributed by atoms with E-state index in [4.69, 9.17) is 13.9 Å². The maximum absolute atomic E-state index is 13.9. The second-order valence-electron chi connectivity index (χ2n) is 9.66. The number of carbonyl (C=O) groups is 1. The van der Waals surface area contributed by atoms with Gasteiger partial charge >= 0.3 is 0 Å². The second-order valence-corrected chi connectivity index (χ2v) is 9.66. The number of nitrogens with zero attached hydrogens (tertiary/aromatic N) is 1. The maximum Gasteiger partial charge on any atom is 0.290 e. The van der Waals surface area contributed by atoms with Crippen LogP contribution in [0.2, 0.25) is 0 Å². The van der Waals surface area contributed by atoms with Crippen LogP contribution >= 0.6 is 0 Å². The lowest BCUT2D eigenvalue weighted by Gasteiger charge is -2.25. The Hall–Kier alpha value is -4.84. The van der Waals surface area contributed by atoms with Crippen LogP contribution in [-0.4, -0.2) is 24.5 Å². The molecule has 194 valence electrons. The van der Waals surface area contributed by atoms with Gasteiger partial charge in [0.1, 0.15) is 22.8 Å². The first-order valence-electron chi connectivity index (χ1n) is 12.9. The molecule has 0 saturated carbocycles. The van der Waals surface area contributed by atoms with E-state index in [-0.39, 0.29) is 17.1 Å². The van der Waals surface area contributed by atoms with Gasteiger partial charge in [0.2, 0.25) is 5.76 Å². The van der Waals surface area contributed by atoms with Crippen molar-refractivity contribution in [1.82, 2.24) is 4.90 Å². The second kappa shape index (κ2) is 10.1. The van der Waals surface area contributed by atoms with Crippen molar-refractivity contribution >= 4 is 16.9 Å². The lowest BCUT2D eigenvalue weighted by atomic mass is 9.97. The summed E-state index contributed by atoms with van der Waals surface area (Å²) in [6, 6.07) is 29.7. The van der Waals surface area contributed by atoms with Gasteiger partial charge in [0.05, 0.1) is 24.1 Å². The molecule has 6 nitrogen and oxygen atoms in total. The zero-order chi connectivity index (χ0) is 26.9. The molecule has 5 aromatic rings. The summed E-state index contributed by atoms with van der Waals surface area (Å²) in [6.45, 7) is 2.33. The highest BCUT2D eigenvalue weighted by Gasteiger charge is 2.42. The number of benzene rings is 4. The molecule has 1 aromatic heterocycles. The van der Waals surface area contributed by atoms with E-state index < -0.39 is 6.04 Å². The minimum atomic E-state index is -0.605. The number of aryl methyl sites for hydroxylation is 1. The van der Waals surface area contributed by atoms with Crippen LogP contribution in [0.25, 0.3) is 11.0 Å². The summed E-state index contributed by atoms with van der Waals surface area (Å²) in [5, 5.41) is 0.472. The summed E-state index contributed by atoms with van der Waals surface area (Å²) < 4.78 is 17.5. The van der Waals surface area contributed by atoms with Gasteiger partial charge in [-0.15, -0.1) is 0 Å². The van der Waals surface area contributed by atoms with Crippen LogP contribution < -0.4 is 14.9 Å². The van der Waals surface area contributed by atoms with E-state index >= 15 is 0 Å². The van der Waals surface area contributed by atoms with Gasteiger partial charge < -0.3 is 18.8 Å². The topological polar surface area (TPSA) is 69.0 Å². The van der Waals surface area contributed by atoms with E-state index in [0.717, 1.165) is 22.4 Å². The third-order valence-corrected chi connectivity index (χ3v) is 7.07. The quantitative estimate of drug-likeness (QED) is 0.241. The predicted octanol–water partition coefficient (Wildman–Crippen LogP) is 6.69. The zero-order valence-corrected chi connectivity index (χ0v) is 21.7. The Labute approximate surface area is 226 Å². The number of para-hydroxylation sites is 1. The average molecular weight is 518 g/mol. The predicted molar refractivity (Wildman–Crippen MR) is 150 cm³/mol. The molecule has 1 aliphatic rings. The van der Waals surface area contributed by atoms with Crippen LogP contribution in [0.1, 0.15) is 38.9 Å². The van der Waals surface area contributed by atoms with Crippen LogP contribution in [0.4, 0.5) is 0 Å². The number of fused-ring (bicyclic) bond motifs is 2. The van der Waals surface area contributed by atoms with Crippen molar-refractivity contribution in [2.24, 2.45) is 0 Å². The average Bonchev–Trinajstić information content (AvgIpc) is 3.24. The molecule has 6 rings (SSSR count).